The average molecular weight is 352 g/mol. The van der Waals surface area contributed by atoms with Crippen molar-refractivity contribution >= 4 is 28.6 Å². The first-order valence-electron chi connectivity index (χ1n) is 4.70. The Kier molecular flexibility index (Phi) is 4.44. The Labute approximate surface area is 113 Å². The van der Waals surface area contributed by atoms with E-state index in [0.717, 1.165) is 0 Å². The molecule has 0 aromatic heterocycles. The summed E-state index contributed by atoms with van der Waals surface area (Å²) in [6.45, 7) is 1.70. The molecule has 0 saturated carbocycles. The third kappa shape index (κ3) is 2.26. The van der Waals surface area contributed by atoms with Gasteiger partial charge in [-0.05, 0) is 35.1 Å². The van der Waals surface area contributed by atoms with E-state index < -0.39 is 5.97 Å². The molecule has 0 heterocycles. The summed E-state index contributed by atoms with van der Waals surface area (Å²) in [6.07, 6.45) is 0. The van der Waals surface area contributed by atoms with E-state index in [1.54, 1.807) is 6.92 Å². The summed E-state index contributed by atoms with van der Waals surface area (Å²) in [5.74, 6) is -0.108. The number of benzene rings is 1. The van der Waals surface area contributed by atoms with Crippen molar-refractivity contribution in [2.24, 2.45) is 0 Å². The second kappa shape index (κ2) is 5.44. The van der Waals surface area contributed by atoms with Crippen LogP contribution >= 0.6 is 22.6 Å². The van der Waals surface area contributed by atoms with E-state index in [2.05, 4.69) is 0 Å². The van der Waals surface area contributed by atoms with Gasteiger partial charge in [0.05, 0.1) is 24.9 Å². The van der Waals surface area contributed by atoms with Crippen molar-refractivity contribution in [1.29, 1.82) is 0 Å². The minimum atomic E-state index is -1.06. The topological polar surface area (TPSA) is 65.0 Å². The molecule has 1 aromatic rings. The van der Waals surface area contributed by atoms with Gasteiger partial charge in [-0.25, -0.2) is 4.79 Å². The van der Waals surface area contributed by atoms with Gasteiger partial charge in [0.25, 0.3) is 0 Å². The fraction of sp³-hybridized carbons (Fsp3) is 0.364. The highest BCUT2D eigenvalue weighted by Crippen LogP contribution is 2.45. The Balaban J connectivity index is 3.74. The predicted octanol–water partition coefficient (Wildman–Crippen LogP) is 2.32. The van der Waals surface area contributed by atoms with E-state index in [-0.39, 0.29) is 11.3 Å². The zero-order valence-electron chi connectivity index (χ0n) is 9.96. The van der Waals surface area contributed by atoms with Crippen LogP contribution in [0.15, 0.2) is 0 Å². The van der Waals surface area contributed by atoms with Crippen molar-refractivity contribution in [2.75, 3.05) is 21.3 Å². The zero-order chi connectivity index (χ0) is 13.2. The first-order valence-corrected chi connectivity index (χ1v) is 5.78. The molecule has 0 fully saturated rings. The van der Waals surface area contributed by atoms with Crippen molar-refractivity contribution in [1.82, 2.24) is 0 Å². The Bertz CT molecular complexity index is 456. The summed E-state index contributed by atoms with van der Waals surface area (Å²) < 4.78 is 16.2. The SMILES string of the molecule is COc1c(I)c(C)c(C(=O)O)c(OC)c1OC. The molecule has 1 rings (SSSR count). The lowest BCUT2D eigenvalue weighted by Crippen LogP contribution is -2.08. The third-order valence-electron chi connectivity index (χ3n) is 2.37. The fourth-order valence-electron chi connectivity index (χ4n) is 1.59. The van der Waals surface area contributed by atoms with Crippen LogP contribution in [0.5, 0.6) is 17.2 Å². The fourth-order valence-corrected chi connectivity index (χ4v) is 2.32. The lowest BCUT2D eigenvalue weighted by Gasteiger charge is -2.18. The number of carbonyl (C=O) groups is 1. The van der Waals surface area contributed by atoms with E-state index in [9.17, 15) is 9.90 Å². The molecule has 0 bridgehead atoms. The highest BCUT2D eigenvalue weighted by molar-refractivity contribution is 14.1. The number of methoxy groups -OCH3 is 3. The molecule has 0 unspecified atom stereocenters. The molecule has 0 atom stereocenters. The largest absolute Gasteiger partial charge is 0.492 e. The molecule has 6 heteroatoms. The minimum absolute atomic E-state index is 0.0922. The van der Waals surface area contributed by atoms with E-state index in [4.69, 9.17) is 14.2 Å². The number of rotatable bonds is 4. The second-order valence-electron chi connectivity index (χ2n) is 3.22. The highest BCUT2D eigenvalue weighted by Gasteiger charge is 2.26. The highest BCUT2D eigenvalue weighted by atomic mass is 127. The summed E-state index contributed by atoms with van der Waals surface area (Å²) in [4.78, 5) is 11.2. The molecule has 0 spiro atoms. The molecule has 1 N–H and O–H groups in total. The summed E-state index contributed by atoms with van der Waals surface area (Å²) in [7, 11) is 4.34. The number of halogens is 1. The number of hydrogen-bond acceptors (Lipinski definition) is 4. The average Bonchev–Trinajstić information content (AvgIpc) is 2.30. The lowest BCUT2D eigenvalue weighted by molar-refractivity contribution is 0.0691. The predicted molar refractivity (Wildman–Crippen MR) is 70.5 cm³/mol. The van der Waals surface area contributed by atoms with E-state index >= 15 is 0 Å². The van der Waals surface area contributed by atoms with Crippen LogP contribution < -0.4 is 14.2 Å². The molecular formula is C11H13IO5. The number of ether oxygens (including phenoxy) is 3. The first-order chi connectivity index (χ1) is 7.99. The molecule has 0 aliphatic rings. The van der Waals surface area contributed by atoms with E-state index in [1.807, 2.05) is 22.6 Å². The Morgan fingerprint density at radius 2 is 1.53 bits per heavy atom. The minimum Gasteiger partial charge on any atom is -0.492 e. The van der Waals surface area contributed by atoms with Gasteiger partial charge in [0.1, 0.15) is 5.56 Å². The Morgan fingerprint density at radius 3 is 1.88 bits per heavy atom. The molecule has 0 radical (unpaired) electrons. The van der Waals surface area contributed by atoms with Crippen LogP contribution in [-0.2, 0) is 0 Å². The van der Waals surface area contributed by atoms with Crippen LogP contribution in [-0.4, -0.2) is 32.4 Å². The second-order valence-corrected chi connectivity index (χ2v) is 4.30. The molecule has 1 aromatic carbocycles. The van der Waals surface area contributed by atoms with Crippen molar-refractivity contribution in [2.45, 2.75) is 6.92 Å². The van der Waals surface area contributed by atoms with Gasteiger partial charge in [-0.2, -0.15) is 0 Å². The molecule has 0 saturated heterocycles. The molecule has 0 amide bonds. The summed E-state index contributed by atoms with van der Waals surface area (Å²) in [5.41, 5.74) is 0.683. The van der Waals surface area contributed by atoms with E-state index in [1.165, 1.54) is 21.3 Å². The van der Waals surface area contributed by atoms with Gasteiger partial charge < -0.3 is 19.3 Å². The molecular weight excluding hydrogens is 339 g/mol. The Hall–Kier alpha value is -1.18. The zero-order valence-corrected chi connectivity index (χ0v) is 12.1. The first kappa shape index (κ1) is 13.9. The quantitative estimate of drug-likeness (QED) is 0.843. The van der Waals surface area contributed by atoms with E-state index in [0.29, 0.717) is 20.6 Å². The molecule has 5 nitrogen and oxygen atoms in total. The maximum Gasteiger partial charge on any atom is 0.339 e. The van der Waals surface area contributed by atoms with Crippen LogP contribution in [0.25, 0.3) is 0 Å². The Morgan fingerprint density at radius 1 is 1.06 bits per heavy atom. The van der Waals surface area contributed by atoms with Crippen LogP contribution in [0.1, 0.15) is 15.9 Å². The molecule has 0 aliphatic carbocycles. The van der Waals surface area contributed by atoms with Gasteiger partial charge in [-0.3, -0.25) is 0 Å². The van der Waals surface area contributed by atoms with Crippen LogP contribution in [0.3, 0.4) is 0 Å². The van der Waals surface area contributed by atoms with Crippen LogP contribution in [0.2, 0.25) is 0 Å². The van der Waals surface area contributed by atoms with Crippen molar-refractivity contribution < 1.29 is 24.1 Å². The number of hydrogen-bond donors (Lipinski definition) is 1. The maximum absolute atomic E-state index is 11.2. The summed E-state index contributed by atoms with van der Waals surface area (Å²) in [5, 5.41) is 9.21. The summed E-state index contributed by atoms with van der Waals surface area (Å²) in [6, 6.07) is 0. The van der Waals surface area contributed by atoms with Crippen molar-refractivity contribution in [3.8, 4) is 17.2 Å². The molecule has 17 heavy (non-hydrogen) atoms. The lowest BCUT2D eigenvalue weighted by atomic mass is 10.1. The summed E-state index contributed by atoms with van der Waals surface area (Å²) >= 11 is 2.02. The third-order valence-corrected chi connectivity index (χ3v) is 3.67. The number of carboxylic acid groups (broad SMARTS) is 1. The van der Waals surface area contributed by atoms with Gasteiger partial charge in [0, 0.05) is 0 Å². The number of carboxylic acids is 1. The van der Waals surface area contributed by atoms with Crippen molar-refractivity contribution in [3.05, 3.63) is 14.7 Å². The molecule has 0 aliphatic heterocycles. The van der Waals surface area contributed by atoms with Crippen LogP contribution in [0.4, 0.5) is 0 Å². The van der Waals surface area contributed by atoms with Gasteiger partial charge in [-0.1, -0.05) is 0 Å². The van der Waals surface area contributed by atoms with Gasteiger partial charge in [0.2, 0.25) is 5.75 Å². The van der Waals surface area contributed by atoms with Crippen LogP contribution in [0, 0.1) is 10.5 Å². The normalized spacial score (nSPS) is 9.94. The van der Waals surface area contributed by atoms with Gasteiger partial charge in [-0.15, -0.1) is 0 Å². The monoisotopic (exact) mass is 352 g/mol. The van der Waals surface area contributed by atoms with Crippen molar-refractivity contribution in [3.63, 3.8) is 0 Å². The van der Waals surface area contributed by atoms with Gasteiger partial charge >= 0.3 is 5.97 Å². The smallest absolute Gasteiger partial charge is 0.339 e. The van der Waals surface area contributed by atoms with Gasteiger partial charge in [0.15, 0.2) is 11.5 Å². The number of aromatic carboxylic acids is 1. The molecule has 94 valence electrons. The maximum atomic E-state index is 11.2. The standard InChI is InChI=1S/C11H13IO5/c1-5-6(11(13)14)8(15-2)10(17-4)9(16-3)7(5)12/h1-4H3,(H,13,14).